The van der Waals surface area contributed by atoms with Gasteiger partial charge in [0.15, 0.2) is 0 Å². The summed E-state index contributed by atoms with van der Waals surface area (Å²) in [7, 11) is 0. The highest BCUT2D eigenvalue weighted by Gasteiger charge is 2.11. The Morgan fingerprint density at radius 2 is 1.85 bits per heavy atom. The average Bonchev–Trinajstić information content (AvgIpc) is 2.66. The maximum atomic E-state index is 12.1. The van der Waals surface area contributed by atoms with Gasteiger partial charge < -0.3 is 5.32 Å². The number of aryl methyl sites for hydroxylation is 1. The predicted octanol–water partition coefficient (Wildman–Crippen LogP) is 3.74. The molecule has 0 aliphatic rings. The van der Waals surface area contributed by atoms with Gasteiger partial charge in [-0.1, -0.05) is 47.3 Å². The molecule has 0 radical (unpaired) electrons. The lowest BCUT2D eigenvalue weighted by molar-refractivity contribution is -0.118. The molecule has 7 heteroatoms. The fourth-order valence-electron chi connectivity index (χ4n) is 2.15. The van der Waals surface area contributed by atoms with Crippen LogP contribution in [0.3, 0.4) is 0 Å². The number of amides is 1. The van der Waals surface area contributed by atoms with Crippen LogP contribution in [0, 0.1) is 6.92 Å². The van der Waals surface area contributed by atoms with Crippen LogP contribution in [-0.2, 0) is 11.3 Å². The van der Waals surface area contributed by atoms with Crippen molar-refractivity contribution < 1.29 is 4.79 Å². The van der Waals surface area contributed by atoms with Gasteiger partial charge in [-0.25, -0.2) is 9.97 Å². The summed E-state index contributed by atoms with van der Waals surface area (Å²) in [5.74, 6) is 0.227. The van der Waals surface area contributed by atoms with E-state index in [9.17, 15) is 4.79 Å². The van der Waals surface area contributed by atoms with Gasteiger partial charge in [-0.05, 0) is 31.2 Å². The van der Waals surface area contributed by atoms with Crippen LogP contribution in [0.2, 0.25) is 0 Å². The number of benzene rings is 1. The quantitative estimate of drug-likeness (QED) is 0.628. The first kappa shape index (κ1) is 18.4. The number of thioether (sulfide) groups is 1. The number of nitrogens with one attached hydrogen (secondary N) is 1. The van der Waals surface area contributed by atoms with Crippen molar-refractivity contribution >= 4 is 29.4 Å². The summed E-state index contributed by atoms with van der Waals surface area (Å²) >= 11 is 2.94. The van der Waals surface area contributed by atoms with Crippen molar-refractivity contribution in [3.8, 4) is 0 Å². The minimum absolute atomic E-state index is 0.0576. The smallest absolute Gasteiger partial charge is 0.230 e. The Hall–Kier alpha value is -2.38. The molecule has 0 fully saturated rings. The van der Waals surface area contributed by atoms with Crippen molar-refractivity contribution in [2.75, 3.05) is 5.75 Å². The summed E-state index contributed by atoms with van der Waals surface area (Å²) in [6.07, 6.45) is 5.03. The molecular weight excluding hydrogens is 364 g/mol. The van der Waals surface area contributed by atoms with Gasteiger partial charge in [0.2, 0.25) is 5.91 Å². The zero-order valence-electron chi connectivity index (χ0n) is 14.3. The number of carbonyl (C=O) groups excluding carboxylic acids is 1. The van der Waals surface area contributed by atoms with Gasteiger partial charge in [0.1, 0.15) is 10.1 Å². The van der Waals surface area contributed by atoms with E-state index in [1.807, 2.05) is 30.3 Å². The molecule has 0 aliphatic carbocycles. The second-order valence-corrected chi connectivity index (χ2v) is 7.50. The van der Waals surface area contributed by atoms with Crippen LogP contribution in [0.4, 0.5) is 0 Å². The summed E-state index contributed by atoms with van der Waals surface area (Å²) in [5.41, 5.74) is 2.03. The first-order valence-electron chi connectivity index (χ1n) is 8.05. The monoisotopic (exact) mass is 382 g/mol. The first-order valence-corrected chi connectivity index (χ1v) is 9.86. The van der Waals surface area contributed by atoms with E-state index >= 15 is 0 Å². The number of nitrogens with zero attached hydrogens (tertiary/aromatic N) is 3. The summed E-state index contributed by atoms with van der Waals surface area (Å²) in [4.78, 5) is 26.2. The second kappa shape index (κ2) is 9.35. The maximum Gasteiger partial charge on any atom is 0.230 e. The fraction of sp³-hybridized carbons (Fsp3) is 0.158. The molecule has 132 valence electrons. The van der Waals surface area contributed by atoms with E-state index in [0.717, 1.165) is 20.6 Å². The Morgan fingerprint density at radius 1 is 1.00 bits per heavy atom. The van der Waals surface area contributed by atoms with Crippen LogP contribution in [0.15, 0.2) is 76.0 Å². The van der Waals surface area contributed by atoms with Gasteiger partial charge in [0.25, 0.3) is 0 Å². The molecule has 3 aromatic rings. The zero-order valence-corrected chi connectivity index (χ0v) is 15.9. The van der Waals surface area contributed by atoms with E-state index in [4.69, 9.17) is 0 Å². The van der Waals surface area contributed by atoms with Gasteiger partial charge in [-0.15, -0.1) is 0 Å². The number of hydrogen-bond acceptors (Lipinski definition) is 6. The van der Waals surface area contributed by atoms with Crippen LogP contribution in [-0.4, -0.2) is 26.6 Å². The highest BCUT2D eigenvalue weighted by Crippen LogP contribution is 2.32. The number of aromatic nitrogens is 3. The topological polar surface area (TPSA) is 67.8 Å². The van der Waals surface area contributed by atoms with Gasteiger partial charge in [-0.3, -0.25) is 9.78 Å². The van der Waals surface area contributed by atoms with Crippen molar-refractivity contribution in [1.82, 2.24) is 20.3 Å². The molecule has 26 heavy (non-hydrogen) atoms. The van der Waals surface area contributed by atoms with Crippen molar-refractivity contribution in [1.29, 1.82) is 0 Å². The molecule has 3 rings (SSSR count). The third-order valence-electron chi connectivity index (χ3n) is 3.37. The largest absolute Gasteiger partial charge is 0.350 e. The average molecular weight is 383 g/mol. The summed E-state index contributed by atoms with van der Waals surface area (Å²) < 4.78 is 0. The molecule has 1 amide bonds. The van der Waals surface area contributed by atoms with Crippen molar-refractivity contribution in [3.05, 3.63) is 72.3 Å². The maximum absolute atomic E-state index is 12.1. The lowest BCUT2D eigenvalue weighted by Gasteiger charge is -2.08. The highest BCUT2D eigenvalue weighted by molar-refractivity contribution is 8.02. The molecule has 5 nitrogen and oxygen atoms in total. The first-order chi connectivity index (χ1) is 12.7. The summed E-state index contributed by atoms with van der Waals surface area (Å²) in [5, 5.41) is 4.43. The zero-order chi connectivity index (χ0) is 18.2. The Kier molecular flexibility index (Phi) is 6.62. The standard InChI is InChI=1S/C19H18N4OS2/c1-14-5-4-7-16(11-14)26-19-18(21-9-10-22-19)25-13-17(24)23-12-15-6-2-3-8-20-15/h2-11H,12-13H2,1H3,(H,23,24). The molecule has 0 spiro atoms. The predicted molar refractivity (Wildman–Crippen MR) is 104 cm³/mol. The fourth-order valence-corrected chi connectivity index (χ4v) is 4.00. The van der Waals surface area contributed by atoms with Crippen molar-refractivity contribution in [2.24, 2.45) is 0 Å². The molecule has 1 aromatic carbocycles. The van der Waals surface area contributed by atoms with Crippen molar-refractivity contribution in [2.45, 2.75) is 28.4 Å². The second-order valence-electron chi connectivity index (χ2n) is 5.47. The Labute approximate surface area is 161 Å². The molecule has 0 unspecified atom stereocenters. The number of rotatable bonds is 7. The Morgan fingerprint density at radius 3 is 2.62 bits per heavy atom. The normalized spacial score (nSPS) is 10.5. The molecule has 0 aliphatic heterocycles. The highest BCUT2D eigenvalue weighted by atomic mass is 32.2. The van der Waals surface area contributed by atoms with E-state index < -0.39 is 0 Å². The van der Waals surface area contributed by atoms with Crippen LogP contribution < -0.4 is 5.32 Å². The number of hydrogen-bond donors (Lipinski definition) is 1. The molecule has 1 N–H and O–H groups in total. The van der Waals surface area contributed by atoms with Crippen molar-refractivity contribution in [3.63, 3.8) is 0 Å². The third-order valence-corrected chi connectivity index (χ3v) is 5.46. The molecule has 0 saturated heterocycles. The van der Waals surface area contributed by atoms with Gasteiger partial charge >= 0.3 is 0 Å². The van der Waals surface area contributed by atoms with Gasteiger partial charge in [0.05, 0.1) is 18.0 Å². The van der Waals surface area contributed by atoms with E-state index in [1.54, 1.807) is 30.4 Å². The molecule has 2 heterocycles. The van der Waals surface area contributed by atoms with Crippen LogP contribution in [0.5, 0.6) is 0 Å². The minimum Gasteiger partial charge on any atom is -0.350 e. The lowest BCUT2D eigenvalue weighted by Crippen LogP contribution is -2.25. The summed E-state index contributed by atoms with van der Waals surface area (Å²) in [6, 6.07) is 13.9. The van der Waals surface area contributed by atoms with E-state index in [0.29, 0.717) is 6.54 Å². The summed E-state index contributed by atoms with van der Waals surface area (Å²) in [6.45, 7) is 2.48. The van der Waals surface area contributed by atoms with Crippen LogP contribution >= 0.6 is 23.5 Å². The minimum atomic E-state index is -0.0576. The van der Waals surface area contributed by atoms with Crippen LogP contribution in [0.25, 0.3) is 0 Å². The number of pyridine rings is 1. The molecule has 2 aromatic heterocycles. The Bertz CT molecular complexity index is 874. The molecule has 0 saturated carbocycles. The third kappa shape index (κ3) is 5.57. The van der Waals surface area contributed by atoms with Gasteiger partial charge in [0, 0.05) is 23.5 Å². The number of carbonyl (C=O) groups is 1. The lowest BCUT2D eigenvalue weighted by atomic mass is 10.2. The van der Waals surface area contributed by atoms with Gasteiger partial charge in [-0.2, -0.15) is 0 Å². The van der Waals surface area contributed by atoms with E-state index in [2.05, 4.69) is 39.3 Å². The Balaban J connectivity index is 1.57. The van der Waals surface area contributed by atoms with E-state index in [-0.39, 0.29) is 11.7 Å². The SMILES string of the molecule is Cc1cccc(Sc2nccnc2SCC(=O)NCc2ccccn2)c1. The molecule has 0 bridgehead atoms. The van der Waals surface area contributed by atoms with Crippen LogP contribution in [0.1, 0.15) is 11.3 Å². The molecular formula is C19H18N4OS2. The molecule has 0 atom stereocenters. The van der Waals surface area contributed by atoms with E-state index in [1.165, 1.54) is 17.3 Å².